The molecule has 3 aromatic carbocycles. The topological polar surface area (TPSA) is 61.9 Å². The van der Waals surface area contributed by atoms with Crippen molar-refractivity contribution in [3.63, 3.8) is 0 Å². The molecule has 0 radical (unpaired) electrons. The summed E-state index contributed by atoms with van der Waals surface area (Å²) in [7, 11) is 2.07. The molecule has 1 aliphatic heterocycles. The first kappa shape index (κ1) is 23.8. The lowest BCUT2D eigenvalue weighted by atomic mass is 10.1. The van der Waals surface area contributed by atoms with Crippen molar-refractivity contribution in [1.82, 2.24) is 9.80 Å². The van der Waals surface area contributed by atoms with Crippen LogP contribution in [0.1, 0.15) is 20.0 Å². The van der Waals surface area contributed by atoms with Crippen molar-refractivity contribution in [3.05, 3.63) is 101 Å². The Morgan fingerprint density at radius 3 is 2.14 bits per heavy atom. The van der Waals surface area contributed by atoms with Crippen LogP contribution in [0.4, 0.5) is 5.69 Å². The van der Waals surface area contributed by atoms with Crippen LogP contribution in [0.3, 0.4) is 0 Å². The fraction of sp³-hybridized carbons (Fsp3) is 0.172. The number of amides is 2. The van der Waals surface area contributed by atoms with Gasteiger partial charge in [-0.3, -0.25) is 9.59 Å². The molecule has 1 N–H and O–H groups in total. The number of para-hydroxylation sites is 1. The van der Waals surface area contributed by atoms with E-state index in [1.165, 1.54) is 11.3 Å². The van der Waals surface area contributed by atoms with Gasteiger partial charge in [-0.1, -0.05) is 30.3 Å². The van der Waals surface area contributed by atoms with E-state index < -0.39 is 0 Å². The van der Waals surface area contributed by atoms with E-state index in [-0.39, 0.29) is 11.8 Å². The minimum Gasteiger partial charge on any atom is -0.457 e. The van der Waals surface area contributed by atoms with Crippen LogP contribution in [-0.2, 0) is 0 Å². The van der Waals surface area contributed by atoms with Crippen LogP contribution in [0.25, 0.3) is 10.4 Å². The van der Waals surface area contributed by atoms with Gasteiger partial charge in [0.05, 0.1) is 4.88 Å². The van der Waals surface area contributed by atoms with Gasteiger partial charge in [-0.05, 0) is 73.3 Å². The zero-order chi connectivity index (χ0) is 24.9. The van der Waals surface area contributed by atoms with Crippen LogP contribution in [-0.4, -0.2) is 54.8 Å². The Hall–Kier alpha value is -3.94. The number of benzene rings is 3. The van der Waals surface area contributed by atoms with Gasteiger partial charge in [0.15, 0.2) is 0 Å². The number of likely N-dealkylation sites (N-methyl/N-ethyl adjacent to an activating group) is 1. The van der Waals surface area contributed by atoms with E-state index in [0.29, 0.717) is 21.9 Å². The molecular formula is C29H27N3O3S. The van der Waals surface area contributed by atoms with Crippen LogP contribution < -0.4 is 10.1 Å². The molecule has 0 atom stereocenters. The highest BCUT2D eigenvalue weighted by Crippen LogP contribution is 2.29. The van der Waals surface area contributed by atoms with Crippen molar-refractivity contribution in [2.45, 2.75) is 0 Å². The summed E-state index contributed by atoms with van der Waals surface area (Å²) in [4.78, 5) is 31.3. The van der Waals surface area contributed by atoms with Crippen molar-refractivity contribution in [3.8, 4) is 21.9 Å². The number of ether oxygens (including phenoxy) is 1. The van der Waals surface area contributed by atoms with Crippen LogP contribution in [0.15, 0.2) is 91.0 Å². The molecule has 0 aliphatic carbocycles. The van der Waals surface area contributed by atoms with E-state index in [4.69, 9.17) is 4.74 Å². The monoisotopic (exact) mass is 497 g/mol. The number of piperazine rings is 1. The van der Waals surface area contributed by atoms with Crippen molar-refractivity contribution in [1.29, 1.82) is 0 Å². The lowest BCUT2D eigenvalue weighted by Crippen LogP contribution is -2.47. The summed E-state index contributed by atoms with van der Waals surface area (Å²) >= 11 is 1.42. The molecule has 0 saturated carbocycles. The van der Waals surface area contributed by atoms with Gasteiger partial charge in [-0.25, -0.2) is 0 Å². The standard InChI is InChI=1S/C29H27N3O3S/c1-31-17-19-32(20-18-31)29(34)22-9-7-21(8-10-22)26-15-16-27(36-26)28(33)30-23-11-13-25(14-12-23)35-24-5-3-2-4-6-24/h2-16H,17-20H2,1H3,(H,30,33). The molecule has 1 fully saturated rings. The van der Waals surface area contributed by atoms with Crippen molar-refractivity contribution in [2.75, 3.05) is 38.5 Å². The molecule has 7 heteroatoms. The molecule has 5 rings (SSSR count). The maximum atomic E-state index is 12.8. The Balaban J connectivity index is 1.19. The molecule has 36 heavy (non-hydrogen) atoms. The molecule has 1 saturated heterocycles. The number of carbonyl (C=O) groups excluding carboxylic acids is 2. The van der Waals surface area contributed by atoms with E-state index in [2.05, 4.69) is 17.3 Å². The Kier molecular flexibility index (Phi) is 7.11. The first-order chi connectivity index (χ1) is 17.5. The van der Waals surface area contributed by atoms with Gasteiger partial charge < -0.3 is 19.9 Å². The summed E-state index contributed by atoms with van der Waals surface area (Å²) in [6.45, 7) is 3.30. The van der Waals surface area contributed by atoms with Gasteiger partial charge in [0, 0.05) is 42.3 Å². The third-order valence-electron chi connectivity index (χ3n) is 6.13. The van der Waals surface area contributed by atoms with Gasteiger partial charge >= 0.3 is 0 Å². The predicted octanol–water partition coefficient (Wildman–Crippen LogP) is 5.85. The maximum absolute atomic E-state index is 12.8. The molecule has 2 amide bonds. The highest BCUT2D eigenvalue weighted by atomic mass is 32.1. The average Bonchev–Trinajstić information content (AvgIpc) is 3.41. The summed E-state index contributed by atoms with van der Waals surface area (Å²) in [6, 6.07) is 28.2. The molecule has 4 aromatic rings. The predicted molar refractivity (Wildman–Crippen MR) is 144 cm³/mol. The lowest BCUT2D eigenvalue weighted by molar-refractivity contribution is 0.0664. The summed E-state index contributed by atoms with van der Waals surface area (Å²) in [5, 5.41) is 2.94. The fourth-order valence-electron chi connectivity index (χ4n) is 4.01. The quantitative estimate of drug-likeness (QED) is 0.363. The SMILES string of the molecule is CN1CCN(C(=O)c2ccc(-c3ccc(C(=O)Nc4ccc(Oc5ccccc5)cc4)s3)cc2)CC1. The number of thiophene rings is 1. The summed E-state index contributed by atoms with van der Waals surface area (Å²) in [6.07, 6.45) is 0. The number of nitrogens with zero attached hydrogens (tertiary/aromatic N) is 2. The number of anilines is 1. The van der Waals surface area contributed by atoms with Crippen molar-refractivity contribution < 1.29 is 14.3 Å². The largest absolute Gasteiger partial charge is 0.457 e. The van der Waals surface area contributed by atoms with Gasteiger partial charge in [-0.15, -0.1) is 11.3 Å². The Labute approximate surface area is 214 Å². The number of carbonyl (C=O) groups is 2. The van der Waals surface area contributed by atoms with Crippen LogP contribution in [0, 0.1) is 0 Å². The van der Waals surface area contributed by atoms with E-state index in [0.717, 1.165) is 42.4 Å². The van der Waals surface area contributed by atoms with Crippen LogP contribution >= 0.6 is 11.3 Å². The lowest BCUT2D eigenvalue weighted by Gasteiger charge is -2.32. The second-order valence-corrected chi connectivity index (χ2v) is 9.81. The van der Waals surface area contributed by atoms with Crippen LogP contribution in [0.2, 0.25) is 0 Å². The smallest absolute Gasteiger partial charge is 0.265 e. The molecule has 0 unspecified atom stereocenters. The molecular weight excluding hydrogens is 470 g/mol. The summed E-state index contributed by atoms with van der Waals surface area (Å²) in [5.41, 5.74) is 2.37. The Morgan fingerprint density at radius 2 is 1.44 bits per heavy atom. The van der Waals surface area contributed by atoms with Crippen molar-refractivity contribution in [2.24, 2.45) is 0 Å². The summed E-state index contributed by atoms with van der Waals surface area (Å²) < 4.78 is 5.80. The van der Waals surface area contributed by atoms with Gasteiger partial charge in [0.25, 0.3) is 11.8 Å². The minimum atomic E-state index is -0.162. The van der Waals surface area contributed by atoms with Gasteiger partial charge in [-0.2, -0.15) is 0 Å². The Bertz CT molecular complexity index is 1330. The first-order valence-electron chi connectivity index (χ1n) is 11.9. The van der Waals surface area contributed by atoms with E-state index in [9.17, 15) is 9.59 Å². The second-order valence-electron chi connectivity index (χ2n) is 8.73. The zero-order valence-corrected chi connectivity index (χ0v) is 20.8. The average molecular weight is 498 g/mol. The second kappa shape index (κ2) is 10.8. The molecule has 2 heterocycles. The first-order valence-corrected chi connectivity index (χ1v) is 12.7. The minimum absolute atomic E-state index is 0.0704. The highest BCUT2D eigenvalue weighted by Gasteiger charge is 2.20. The molecule has 0 bridgehead atoms. The van der Waals surface area contributed by atoms with Crippen molar-refractivity contribution >= 4 is 28.8 Å². The molecule has 6 nitrogen and oxygen atoms in total. The highest BCUT2D eigenvalue weighted by molar-refractivity contribution is 7.17. The normalized spacial score (nSPS) is 13.9. The zero-order valence-electron chi connectivity index (χ0n) is 20.0. The molecule has 182 valence electrons. The van der Waals surface area contributed by atoms with E-state index >= 15 is 0 Å². The number of hydrogen-bond donors (Lipinski definition) is 1. The summed E-state index contributed by atoms with van der Waals surface area (Å²) in [5.74, 6) is 1.37. The molecule has 1 aliphatic rings. The number of rotatable bonds is 6. The van der Waals surface area contributed by atoms with Gasteiger partial charge in [0.1, 0.15) is 11.5 Å². The fourth-order valence-corrected chi connectivity index (χ4v) is 4.91. The maximum Gasteiger partial charge on any atom is 0.265 e. The Morgan fingerprint density at radius 1 is 0.778 bits per heavy atom. The number of hydrogen-bond acceptors (Lipinski definition) is 5. The van der Waals surface area contributed by atoms with E-state index in [1.807, 2.05) is 95.9 Å². The molecule has 1 aromatic heterocycles. The third-order valence-corrected chi connectivity index (χ3v) is 7.26. The van der Waals surface area contributed by atoms with Crippen LogP contribution in [0.5, 0.6) is 11.5 Å². The third kappa shape index (κ3) is 5.64. The number of nitrogens with one attached hydrogen (secondary N) is 1. The molecule has 0 spiro atoms. The van der Waals surface area contributed by atoms with Gasteiger partial charge in [0.2, 0.25) is 0 Å². The van der Waals surface area contributed by atoms with E-state index in [1.54, 1.807) is 0 Å².